The van der Waals surface area contributed by atoms with Crippen LogP contribution in [0.1, 0.15) is 28.3 Å². The molecule has 5 rings (SSSR count). The molecule has 5 nitrogen and oxygen atoms in total. The molecule has 0 bridgehead atoms. The lowest BCUT2D eigenvalue weighted by atomic mass is 9.96. The summed E-state index contributed by atoms with van der Waals surface area (Å²) in [4.78, 5) is 25.7. The fourth-order valence-corrected chi connectivity index (χ4v) is 5.08. The van der Waals surface area contributed by atoms with Crippen molar-refractivity contribution in [1.29, 1.82) is 0 Å². The number of rotatable bonds is 5. The summed E-state index contributed by atoms with van der Waals surface area (Å²) < 4.78 is 6.62. The molecule has 31 heavy (non-hydrogen) atoms. The highest BCUT2D eigenvalue weighted by atomic mass is 79.9. The number of fused-ring (bicyclic) bond motifs is 3. The van der Waals surface area contributed by atoms with E-state index in [-0.39, 0.29) is 24.7 Å². The van der Waals surface area contributed by atoms with Gasteiger partial charge in [0.1, 0.15) is 6.10 Å². The number of benzene rings is 3. The number of halogens is 1. The molecule has 6 heteroatoms. The van der Waals surface area contributed by atoms with Crippen LogP contribution in [0.15, 0.2) is 71.2 Å². The third-order valence-electron chi connectivity index (χ3n) is 5.97. The van der Waals surface area contributed by atoms with Gasteiger partial charge in [0, 0.05) is 10.9 Å². The number of carboxylic acid groups (broad SMARTS) is 1. The first-order valence-corrected chi connectivity index (χ1v) is 10.9. The highest BCUT2D eigenvalue weighted by Crippen LogP contribution is 2.44. The lowest BCUT2D eigenvalue weighted by molar-refractivity contribution is -0.136. The smallest absolute Gasteiger partial charge is 0.411 e. The largest absolute Gasteiger partial charge is 0.481 e. The maximum Gasteiger partial charge on any atom is 0.411 e. The molecule has 1 aliphatic carbocycles. The first-order valence-electron chi connectivity index (χ1n) is 10.1. The molecule has 2 atom stereocenters. The quantitative estimate of drug-likeness (QED) is 0.536. The number of carbonyl (C=O) groups excluding carboxylic acids is 1. The molecule has 0 aromatic heterocycles. The van der Waals surface area contributed by atoms with Gasteiger partial charge < -0.3 is 9.84 Å². The monoisotopic (exact) mass is 477 g/mol. The number of ether oxygens (including phenoxy) is 1. The Kier molecular flexibility index (Phi) is 5.02. The Morgan fingerprint density at radius 2 is 1.94 bits per heavy atom. The van der Waals surface area contributed by atoms with Crippen molar-refractivity contribution in [3.8, 4) is 11.1 Å². The van der Waals surface area contributed by atoms with Gasteiger partial charge >= 0.3 is 12.1 Å². The van der Waals surface area contributed by atoms with E-state index in [1.165, 1.54) is 5.56 Å². The van der Waals surface area contributed by atoms with Gasteiger partial charge in [-0.05, 0) is 45.5 Å². The fraction of sp³-hybridized carbons (Fsp3) is 0.200. The molecule has 1 aliphatic heterocycles. The SMILES string of the molecule is O=C(O)Cc1cccc(-c2ccc(Br)cc2CN2C(=O)OC3Cc4ccccc4[C@H]32)c1. The van der Waals surface area contributed by atoms with Crippen molar-refractivity contribution in [2.75, 3.05) is 0 Å². The van der Waals surface area contributed by atoms with Crippen molar-refractivity contribution in [3.63, 3.8) is 0 Å². The minimum atomic E-state index is -0.862. The minimum absolute atomic E-state index is 0.0291. The summed E-state index contributed by atoms with van der Waals surface area (Å²) in [6.07, 6.45) is 0.263. The van der Waals surface area contributed by atoms with Gasteiger partial charge in [0.25, 0.3) is 0 Å². The van der Waals surface area contributed by atoms with Gasteiger partial charge in [-0.2, -0.15) is 0 Å². The molecular formula is C25H20BrNO4. The average molecular weight is 478 g/mol. The van der Waals surface area contributed by atoms with E-state index >= 15 is 0 Å². The zero-order valence-electron chi connectivity index (χ0n) is 16.6. The van der Waals surface area contributed by atoms with E-state index < -0.39 is 5.97 Å². The molecule has 0 spiro atoms. The topological polar surface area (TPSA) is 66.8 Å². The van der Waals surface area contributed by atoms with Gasteiger partial charge in [0.05, 0.1) is 19.0 Å². The number of nitrogens with zero attached hydrogens (tertiary/aromatic N) is 1. The van der Waals surface area contributed by atoms with Crippen LogP contribution in [0.3, 0.4) is 0 Å². The van der Waals surface area contributed by atoms with Crippen molar-refractivity contribution in [2.24, 2.45) is 0 Å². The van der Waals surface area contributed by atoms with Crippen LogP contribution in [0, 0.1) is 0 Å². The van der Waals surface area contributed by atoms with Gasteiger partial charge in [-0.1, -0.05) is 70.5 Å². The van der Waals surface area contributed by atoms with E-state index in [9.17, 15) is 9.59 Å². The van der Waals surface area contributed by atoms with Crippen molar-refractivity contribution in [3.05, 3.63) is 93.5 Å². The number of amides is 1. The molecule has 0 saturated carbocycles. The lowest BCUT2D eigenvalue weighted by Gasteiger charge is -2.23. The summed E-state index contributed by atoms with van der Waals surface area (Å²) in [6.45, 7) is 0.409. The van der Waals surface area contributed by atoms with E-state index in [2.05, 4.69) is 28.1 Å². The number of carboxylic acids is 1. The molecule has 2 aliphatic rings. The van der Waals surface area contributed by atoms with Gasteiger partial charge in [-0.15, -0.1) is 0 Å². The molecular weight excluding hydrogens is 458 g/mol. The Balaban J connectivity index is 1.51. The first-order chi connectivity index (χ1) is 15.0. The highest BCUT2D eigenvalue weighted by molar-refractivity contribution is 9.10. The Bertz CT molecular complexity index is 1190. The van der Waals surface area contributed by atoms with Crippen molar-refractivity contribution >= 4 is 28.0 Å². The number of aliphatic carboxylic acids is 1. The molecule has 1 amide bonds. The molecule has 156 valence electrons. The van der Waals surface area contributed by atoms with Gasteiger partial charge in [-0.25, -0.2) is 4.79 Å². The van der Waals surface area contributed by atoms with E-state index in [4.69, 9.17) is 9.84 Å². The van der Waals surface area contributed by atoms with Gasteiger partial charge in [0.15, 0.2) is 0 Å². The Morgan fingerprint density at radius 3 is 2.77 bits per heavy atom. The van der Waals surface area contributed by atoms with E-state index in [1.807, 2.05) is 59.5 Å². The highest BCUT2D eigenvalue weighted by Gasteiger charge is 2.47. The molecule has 1 N–H and O–H groups in total. The zero-order chi connectivity index (χ0) is 21.5. The van der Waals surface area contributed by atoms with Crippen LogP contribution in [0.5, 0.6) is 0 Å². The summed E-state index contributed by atoms with van der Waals surface area (Å²) in [5, 5.41) is 9.14. The van der Waals surface area contributed by atoms with Crippen LogP contribution in [-0.2, 0) is 28.9 Å². The standard InChI is InChI=1S/C25H20BrNO4/c26-19-8-9-20(16-6-3-4-15(10-16)11-23(28)29)18(12-19)14-27-24-21-7-2-1-5-17(21)13-22(24)31-25(27)30/h1-10,12,22,24H,11,13-14H2,(H,28,29)/t22?,24-/m1/s1. The first kappa shape index (κ1) is 19.8. The minimum Gasteiger partial charge on any atom is -0.481 e. The summed E-state index contributed by atoms with van der Waals surface area (Å²) in [7, 11) is 0. The Labute approximate surface area is 188 Å². The second kappa shape index (κ2) is 7.85. The lowest BCUT2D eigenvalue weighted by Crippen LogP contribution is -2.27. The summed E-state index contributed by atoms with van der Waals surface area (Å²) in [6, 6.07) is 21.6. The van der Waals surface area contributed by atoms with Crippen LogP contribution < -0.4 is 0 Å². The zero-order valence-corrected chi connectivity index (χ0v) is 18.2. The predicted molar refractivity (Wildman–Crippen MR) is 120 cm³/mol. The van der Waals surface area contributed by atoms with Crippen LogP contribution >= 0.6 is 15.9 Å². The molecule has 1 heterocycles. The molecule has 1 saturated heterocycles. The van der Waals surface area contributed by atoms with Crippen molar-refractivity contribution < 1.29 is 19.4 Å². The number of hydrogen-bond acceptors (Lipinski definition) is 3. The maximum absolute atomic E-state index is 12.7. The fourth-order valence-electron chi connectivity index (χ4n) is 4.67. The average Bonchev–Trinajstić information content (AvgIpc) is 3.23. The van der Waals surface area contributed by atoms with Gasteiger partial charge in [0.2, 0.25) is 0 Å². The Hall–Kier alpha value is -3.12. The Morgan fingerprint density at radius 1 is 1.10 bits per heavy atom. The molecule has 1 fully saturated rings. The summed E-state index contributed by atoms with van der Waals surface area (Å²) >= 11 is 3.55. The molecule has 0 radical (unpaired) electrons. The van der Waals surface area contributed by atoms with E-state index in [0.29, 0.717) is 6.54 Å². The maximum atomic E-state index is 12.7. The van der Waals surface area contributed by atoms with E-state index in [1.54, 1.807) is 0 Å². The van der Waals surface area contributed by atoms with Crippen molar-refractivity contribution in [2.45, 2.75) is 31.5 Å². The third-order valence-corrected chi connectivity index (χ3v) is 6.46. The van der Waals surface area contributed by atoms with E-state index in [0.717, 1.165) is 38.7 Å². The summed E-state index contributed by atoms with van der Waals surface area (Å²) in [5.74, 6) is -0.862. The van der Waals surface area contributed by atoms with Gasteiger partial charge in [-0.3, -0.25) is 9.69 Å². The number of hydrogen-bond donors (Lipinski definition) is 1. The molecule has 3 aromatic rings. The number of carbonyl (C=O) groups is 2. The third kappa shape index (κ3) is 3.72. The van der Waals surface area contributed by atoms with Crippen LogP contribution in [0.25, 0.3) is 11.1 Å². The van der Waals surface area contributed by atoms with Crippen LogP contribution in [0.4, 0.5) is 4.79 Å². The van der Waals surface area contributed by atoms with Crippen LogP contribution in [-0.4, -0.2) is 28.2 Å². The molecule has 1 unspecified atom stereocenters. The second-order valence-electron chi connectivity index (χ2n) is 7.97. The molecule has 3 aromatic carbocycles. The van der Waals surface area contributed by atoms with Crippen molar-refractivity contribution in [1.82, 2.24) is 4.90 Å². The van der Waals surface area contributed by atoms with Crippen LogP contribution in [0.2, 0.25) is 0 Å². The normalized spacial score (nSPS) is 19.1. The second-order valence-corrected chi connectivity index (χ2v) is 8.89. The summed E-state index contributed by atoms with van der Waals surface area (Å²) in [5.41, 5.74) is 5.99. The predicted octanol–water partition coefficient (Wildman–Crippen LogP) is 5.36.